The monoisotopic (exact) mass is 518 g/mol. The van der Waals surface area contributed by atoms with Crippen LogP contribution in [0.4, 0.5) is 0 Å². The second kappa shape index (κ2) is 21.5. The maximum absolute atomic E-state index is 11.7. The third-order valence-corrected chi connectivity index (χ3v) is 19.9. The van der Waals surface area contributed by atoms with Crippen molar-refractivity contribution in [2.45, 2.75) is 154 Å². The molecule has 174 valence electrons. The second-order valence-corrected chi connectivity index (χ2v) is 21.7. The Morgan fingerprint density at radius 2 is 0.793 bits per heavy atom. The van der Waals surface area contributed by atoms with E-state index in [2.05, 4.69) is 20.8 Å². The fraction of sp³-hybridized carbons (Fsp3) is 0.962. The van der Waals surface area contributed by atoms with Crippen molar-refractivity contribution in [1.82, 2.24) is 0 Å². The maximum atomic E-state index is 11.7. The molecule has 0 aliphatic carbocycles. The Kier molecular flexibility index (Phi) is 21.7. The molecule has 0 N–H and O–H groups in total. The van der Waals surface area contributed by atoms with Crippen LogP contribution < -0.4 is 5.11 Å². The van der Waals surface area contributed by atoms with Gasteiger partial charge in [-0.25, -0.2) is 0 Å². The fourth-order valence-electron chi connectivity index (χ4n) is 4.53. The third kappa shape index (κ3) is 18.8. The molecule has 0 aromatic rings. The summed E-state index contributed by atoms with van der Waals surface area (Å²) in [5.74, 6) is -0.737. The summed E-state index contributed by atoms with van der Waals surface area (Å²) in [5, 5.41) is 11.7. The van der Waals surface area contributed by atoms with Crippen molar-refractivity contribution in [3.05, 3.63) is 0 Å². The number of rotatable bonds is 23. The molecule has 0 heterocycles. The van der Waals surface area contributed by atoms with E-state index in [1.807, 2.05) is 0 Å². The van der Waals surface area contributed by atoms with Gasteiger partial charge in [0.25, 0.3) is 0 Å². The number of hydrogen-bond donors (Lipinski definition) is 0. The first-order chi connectivity index (χ1) is 14.1. The molecule has 0 fully saturated rings. The van der Waals surface area contributed by atoms with Gasteiger partial charge in [-0.1, -0.05) is 0 Å². The van der Waals surface area contributed by atoms with Crippen molar-refractivity contribution in [1.29, 1.82) is 0 Å². The van der Waals surface area contributed by atoms with Gasteiger partial charge in [-0.3, -0.25) is 0 Å². The van der Waals surface area contributed by atoms with E-state index < -0.39 is 24.8 Å². The number of unbranched alkanes of at least 4 members (excludes halogenated alkanes) is 15. The first-order valence-electron chi connectivity index (χ1n) is 13.1. The molecule has 0 aromatic carbocycles. The summed E-state index contributed by atoms with van der Waals surface area (Å²) in [4.78, 5) is 11.7. The molecule has 0 rings (SSSR count). The molecule has 0 radical (unpaired) electrons. The Balaban J connectivity index is 4.59. The molecule has 2 nitrogen and oxygen atoms in total. The van der Waals surface area contributed by atoms with Crippen molar-refractivity contribution in [2.75, 3.05) is 0 Å². The van der Waals surface area contributed by atoms with Gasteiger partial charge in [0.1, 0.15) is 0 Å². The molecule has 0 bridgehead atoms. The van der Waals surface area contributed by atoms with Crippen molar-refractivity contribution in [3.63, 3.8) is 0 Å². The number of carboxylic acids is 1. The van der Waals surface area contributed by atoms with Crippen LogP contribution in [0, 0.1) is 0 Å². The van der Waals surface area contributed by atoms with Gasteiger partial charge in [0.2, 0.25) is 0 Å². The van der Waals surface area contributed by atoms with Crippen LogP contribution in [0.3, 0.4) is 0 Å². The first kappa shape index (κ1) is 29.3. The molecule has 0 atom stereocenters. The van der Waals surface area contributed by atoms with Gasteiger partial charge < -0.3 is 0 Å². The standard InChI is InChI=1S/3C8H17.C2H3O2.Sb/c3*1-3-5-7-8-6-4-2;1-2(3)4;/h3*1,3-8H2,2H3;1H2,(H,3,4);/q;;;;+1/p-1. The van der Waals surface area contributed by atoms with Crippen LogP contribution in [0.15, 0.2) is 0 Å². The number of carboxylic acid groups (broad SMARTS) is 1. The SMILES string of the molecule is CCCCCCC[CH2][Sb+]([CH2]CCCCCCC)([CH2]CCCCCCC)[CH2]C(=O)[O-]. The molecule has 0 aliphatic heterocycles. The Morgan fingerprint density at radius 3 is 1.07 bits per heavy atom. The van der Waals surface area contributed by atoms with E-state index in [1.165, 1.54) is 129 Å². The number of carbonyl (C=O) groups excluding carboxylic acids is 1. The predicted molar refractivity (Wildman–Crippen MR) is 130 cm³/mol. The minimum atomic E-state index is -2.49. The normalized spacial score (nSPS) is 11.8. The van der Waals surface area contributed by atoms with Crippen LogP contribution in [0.1, 0.15) is 136 Å². The number of hydrogen-bond acceptors (Lipinski definition) is 2. The van der Waals surface area contributed by atoms with Crippen LogP contribution in [-0.2, 0) is 4.79 Å². The van der Waals surface area contributed by atoms with E-state index in [9.17, 15) is 9.90 Å². The molecule has 3 heteroatoms. The molecule has 0 spiro atoms. The van der Waals surface area contributed by atoms with E-state index in [0.717, 1.165) is 0 Å². The van der Waals surface area contributed by atoms with E-state index in [0.29, 0.717) is 4.37 Å². The van der Waals surface area contributed by atoms with E-state index in [1.54, 1.807) is 0 Å². The summed E-state index contributed by atoms with van der Waals surface area (Å²) in [6, 6.07) is 0. The Morgan fingerprint density at radius 1 is 0.517 bits per heavy atom. The third-order valence-electron chi connectivity index (χ3n) is 6.42. The quantitative estimate of drug-likeness (QED) is 0.101. The zero-order chi connectivity index (χ0) is 21.6. The summed E-state index contributed by atoms with van der Waals surface area (Å²) in [6.45, 7) is 6.80. The van der Waals surface area contributed by atoms with Gasteiger partial charge in [-0.2, -0.15) is 0 Å². The Hall–Kier alpha value is 0.288. The topological polar surface area (TPSA) is 40.1 Å². The van der Waals surface area contributed by atoms with Gasteiger partial charge >= 0.3 is 188 Å². The molecule has 29 heavy (non-hydrogen) atoms. The molecular weight excluding hydrogens is 466 g/mol. The van der Waals surface area contributed by atoms with Gasteiger partial charge in [-0.15, -0.1) is 0 Å². The summed E-state index contributed by atoms with van der Waals surface area (Å²) in [7, 11) is 0. The first-order valence-corrected chi connectivity index (χ1v) is 20.4. The molecular formula is C26H53O2Sb. The molecule has 0 saturated heterocycles. The van der Waals surface area contributed by atoms with Crippen LogP contribution in [0.5, 0.6) is 0 Å². The molecule has 0 amide bonds. The summed E-state index contributed by atoms with van der Waals surface area (Å²) >= 11 is -2.49. The van der Waals surface area contributed by atoms with Crippen molar-refractivity contribution >= 4 is 24.8 Å². The van der Waals surface area contributed by atoms with Gasteiger partial charge in [0.15, 0.2) is 0 Å². The van der Waals surface area contributed by atoms with E-state index in [-0.39, 0.29) is 0 Å². The molecule has 0 unspecified atom stereocenters. The van der Waals surface area contributed by atoms with Gasteiger partial charge in [0.05, 0.1) is 0 Å². The number of aliphatic carboxylic acids is 1. The summed E-state index contributed by atoms with van der Waals surface area (Å²) in [6.07, 6.45) is 23.8. The Labute approximate surface area is 188 Å². The zero-order valence-electron chi connectivity index (χ0n) is 20.3. The number of carbonyl (C=O) groups is 1. The molecule has 0 saturated carbocycles. The van der Waals surface area contributed by atoms with Crippen LogP contribution in [-0.4, -0.2) is 24.8 Å². The van der Waals surface area contributed by atoms with Crippen LogP contribution >= 0.6 is 0 Å². The van der Waals surface area contributed by atoms with Crippen LogP contribution in [0.25, 0.3) is 0 Å². The van der Waals surface area contributed by atoms with E-state index >= 15 is 0 Å². The van der Waals surface area contributed by atoms with Gasteiger partial charge in [-0.05, 0) is 0 Å². The average molecular weight is 519 g/mol. The fourth-order valence-corrected chi connectivity index (χ4v) is 17.0. The van der Waals surface area contributed by atoms with Crippen molar-refractivity contribution in [3.8, 4) is 0 Å². The van der Waals surface area contributed by atoms with Crippen molar-refractivity contribution < 1.29 is 9.90 Å². The second-order valence-electron chi connectivity index (χ2n) is 9.35. The molecule has 0 aliphatic rings. The summed E-state index contributed by atoms with van der Waals surface area (Å²) in [5.41, 5.74) is 0. The van der Waals surface area contributed by atoms with E-state index in [4.69, 9.17) is 0 Å². The predicted octanol–water partition coefficient (Wildman–Crippen LogP) is 8.27. The van der Waals surface area contributed by atoms with Gasteiger partial charge in [0, 0.05) is 0 Å². The van der Waals surface area contributed by atoms with Crippen molar-refractivity contribution in [2.24, 2.45) is 0 Å². The minimum absolute atomic E-state index is 0.484. The Bertz CT molecular complexity index is 316. The zero-order valence-corrected chi connectivity index (χ0v) is 22.9. The van der Waals surface area contributed by atoms with Crippen LogP contribution in [0.2, 0.25) is 17.5 Å². The average Bonchev–Trinajstić information content (AvgIpc) is 2.69. The summed E-state index contributed by atoms with van der Waals surface area (Å²) < 4.78 is 4.37. The molecule has 0 aromatic heterocycles.